The van der Waals surface area contributed by atoms with Crippen molar-refractivity contribution in [2.24, 2.45) is 0 Å². The molecule has 8 heteroatoms. The van der Waals surface area contributed by atoms with E-state index in [0.717, 1.165) is 11.1 Å². The highest BCUT2D eigenvalue weighted by molar-refractivity contribution is 9.10. The van der Waals surface area contributed by atoms with Crippen molar-refractivity contribution in [2.45, 2.75) is 13.8 Å². The van der Waals surface area contributed by atoms with Crippen LogP contribution in [-0.2, 0) is 9.59 Å². The third-order valence-electron chi connectivity index (χ3n) is 4.43. The molecule has 0 saturated carbocycles. The van der Waals surface area contributed by atoms with E-state index in [1.807, 2.05) is 32.0 Å². The fourth-order valence-corrected chi connectivity index (χ4v) is 3.98. The molecule has 1 N–H and O–H groups in total. The molecule has 1 aliphatic heterocycles. The van der Waals surface area contributed by atoms with Crippen molar-refractivity contribution in [3.8, 4) is 23.8 Å². The highest BCUT2D eigenvalue weighted by Gasteiger charge is 2.35. The van der Waals surface area contributed by atoms with Gasteiger partial charge in [-0.2, -0.15) is 0 Å². The molecule has 3 rings (SSSR count). The van der Waals surface area contributed by atoms with E-state index >= 15 is 0 Å². The van der Waals surface area contributed by atoms with E-state index in [1.54, 1.807) is 12.1 Å². The number of thiocarbonyl (C=S) groups is 1. The van der Waals surface area contributed by atoms with Crippen molar-refractivity contribution < 1.29 is 19.1 Å². The zero-order valence-electron chi connectivity index (χ0n) is 17.1. The fourth-order valence-electron chi connectivity index (χ4n) is 3.24. The molecule has 158 valence electrons. The molecular formula is C23H19BrN2O4S. The molecule has 1 aliphatic rings. The molecule has 2 aromatic carbocycles. The molecule has 1 fully saturated rings. The molecule has 0 radical (unpaired) electrons. The summed E-state index contributed by atoms with van der Waals surface area (Å²) in [4.78, 5) is 27.3. The Labute approximate surface area is 194 Å². The second-order valence-corrected chi connectivity index (χ2v) is 8.13. The Kier molecular flexibility index (Phi) is 6.78. The van der Waals surface area contributed by atoms with Crippen LogP contribution >= 0.6 is 28.1 Å². The number of hydrogen-bond donors (Lipinski definition) is 1. The number of hydrogen-bond acceptors (Lipinski definition) is 5. The van der Waals surface area contributed by atoms with Gasteiger partial charge in [-0.05, 0) is 67.5 Å². The number of ether oxygens (including phenoxy) is 2. The first kappa shape index (κ1) is 22.5. The van der Waals surface area contributed by atoms with Gasteiger partial charge in [-0.15, -0.1) is 6.42 Å². The number of benzene rings is 2. The Morgan fingerprint density at radius 1 is 1.19 bits per heavy atom. The summed E-state index contributed by atoms with van der Waals surface area (Å²) in [6.45, 7) is 3.84. The minimum atomic E-state index is -0.600. The Hall–Kier alpha value is -3.15. The van der Waals surface area contributed by atoms with Gasteiger partial charge in [0.25, 0.3) is 11.8 Å². The van der Waals surface area contributed by atoms with Crippen molar-refractivity contribution in [3.05, 3.63) is 57.1 Å². The maximum Gasteiger partial charge on any atom is 0.270 e. The molecule has 0 atom stereocenters. The highest BCUT2D eigenvalue weighted by atomic mass is 79.9. The lowest BCUT2D eigenvalue weighted by atomic mass is 10.0. The van der Waals surface area contributed by atoms with Crippen molar-refractivity contribution in [1.29, 1.82) is 0 Å². The number of rotatable bonds is 5. The van der Waals surface area contributed by atoms with Crippen LogP contribution < -0.4 is 19.7 Å². The lowest BCUT2D eigenvalue weighted by Gasteiger charge is -2.29. The van der Waals surface area contributed by atoms with Crippen LogP contribution in [0.1, 0.15) is 16.7 Å². The Bertz CT molecular complexity index is 1150. The first-order valence-electron chi connectivity index (χ1n) is 9.18. The summed E-state index contributed by atoms with van der Waals surface area (Å²) in [5.74, 6) is 1.98. The third kappa shape index (κ3) is 4.79. The first-order chi connectivity index (χ1) is 14.7. The molecule has 0 spiro atoms. The van der Waals surface area contributed by atoms with Gasteiger partial charge in [0, 0.05) is 10.0 Å². The largest absolute Gasteiger partial charge is 0.493 e. The summed E-state index contributed by atoms with van der Waals surface area (Å²) < 4.78 is 11.7. The molecule has 2 aromatic rings. The molecular weight excluding hydrogens is 480 g/mol. The zero-order chi connectivity index (χ0) is 22.7. The van der Waals surface area contributed by atoms with Crippen LogP contribution in [0.4, 0.5) is 5.69 Å². The number of halogens is 1. The number of methoxy groups -OCH3 is 1. The van der Waals surface area contributed by atoms with Gasteiger partial charge in [-0.1, -0.05) is 27.9 Å². The topological polar surface area (TPSA) is 67.9 Å². The van der Waals surface area contributed by atoms with Crippen molar-refractivity contribution in [1.82, 2.24) is 5.32 Å². The summed E-state index contributed by atoms with van der Waals surface area (Å²) in [5, 5.41) is 2.61. The van der Waals surface area contributed by atoms with E-state index in [-0.39, 0.29) is 17.3 Å². The van der Waals surface area contributed by atoms with E-state index in [9.17, 15) is 9.59 Å². The van der Waals surface area contributed by atoms with Gasteiger partial charge in [0.15, 0.2) is 16.6 Å². The van der Waals surface area contributed by atoms with Crippen LogP contribution in [0.3, 0.4) is 0 Å². The first-order valence-corrected chi connectivity index (χ1v) is 10.4. The van der Waals surface area contributed by atoms with Crippen LogP contribution in [0.15, 0.2) is 40.4 Å². The monoisotopic (exact) mass is 498 g/mol. The van der Waals surface area contributed by atoms with E-state index in [4.69, 9.17) is 28.1 Å². The van der Waals surface area contributed by atoms with E-state index in [1.165, 1.54) is 18.1 Å². The molecule has 2 amide bonds. The van der Waals surface area contributed by atoms with Crippen LogP contribution in [0.5, 0.6) is 11.5 Å². The smallest absolute Gasteiger partial charge is 0.270 e. The highest BCUT2D eigenvalue weighted by Crippen LogP contribution is 2.37. The maximum atomic E-state index is 13.3. The van der Waals surface area contributed by atoms with Gasteiger partial charge in [-0.3, -0.25) is 19.8 Å². The predicted octanol–water partition coefficient (Wildman–Crippen LogP) is 3.92. The Morgan fingerprint density at radius 2 is 1.87 bits per heavy atom. The maximum absolute atomic E-state index is 13.3. The van der Waals surface area contributed by atoms with Gasteiger partial charge in [-0.25, -0.2) is 0 Å². The van der Waals surface area contributed by atoms with E-state index < -0.39 is 11.8 Å². The van der Waals surface area contributed by atoms with Crippen LogP contribution in [0.25, 0.3) is 6.08 Å². The molecule has 0 aliphatic carbocycles. The molecule has 0 unspecified atom stereocenters. The summed E-state index contributed by atoms with van der Waals surface area (Å²) >= 11 is 8.69. The summed E-state index contributed by atoms with van der Waals surface area (Å²) in [6, 6.07) is 9.05. The van der Waals surface area contributed by atoms with Crippen LogP contribution in [0, 0.1) is 26.2 Å². The van der Waals surface area contributed by atoms with Gasteiger partial charge >= 0.3 is 0 Å². The number of nitrogens with one attached hydrogen (secondary N) is 1. The number of nitrogens with zero attached hydrogens (tertiary/aromatic N) is 1. The van der Waals surface area contributed by atoms with E-state index in [0.29, 0.717) is 27.2 Å². The molecule has 0 aromatic heterocycles. The number of anilines is 1. The van der Waals surface area contributed by atoms with Crippen LogP contribution in [0.2, 0.25) is 0 Å². The number of carbonyl (C=O) groups excluding carboxylic acids is 2. The normalized spacial score (nSPS) is 15.0. The number of aryl methyl sites for hydroxylation is 2. The lowest BCUT2D eigenvalue weighted by Crippen LogP contribution is -2.54. The van der Waals surface area contributed by atoms with E-state index in [2.05, 4.69) is 27.2 Å². The van der Waals surface area contributed by atoms with Gasteiger partial charge in [0.1, 0.15) is 12.2 Å². The van der Waals surface area contributed by atoms with Crippen LogP contribution in [-0.4, -0.2) is 30.6 Å². The van der Waals surface area contributed by atoms with Crippen molar-refractivity contribution >= 4 is 56.8 Å². The summed E-state index contributed by atoms with van der Waals surface area (Å²) in [7, 11) is 1.49. The average Bonchev–Trinajstić information content (AvgIpc) is 2.69. The Morgan fingerprint density at radius 3 is 2.48 bits per heavy atom. The average molecular weight is 499 g/mol. The zero-order valence-corrected chi connectivity index (χ0v) is 19.5. The van der Waals surface area contributed by atoms with Gasteiger partial charge in [0.05, 0.1) is 12.8 Å². The molecule has 1 heterocycles. The molecule has 31 heavy (non-hydrogen) atoms. The SMILES string of the molecule is C#CCOc1c(/C=C2\C(=O)NC(=S)N(c3cc(C)cc(C)c3)C2=O)cc(Br)cc1OC. The quantitative estimate of drug-likeness (QED) is 0.293. The second kappa shape index (κ2) is 9.33. The lowest BCUT2D eigenvalue weighted by molar-refractivity contribution is -0.122. The van der Waals surface area contributed by atoms with Crippen molar-refractivity contribution in [2.75, 3.05) is 18.6 Å². The minimum Gasteiger partial charge on any atom is -0.493 e. The second-order valence-electron chi connectivity index (χ2n) is 6.82. The third-order valence-corrected chi connectivity index (χ3v) is 5.18. The van der Waals surface area contributed by atoms with Gasteiger partial charge < -0.3 is 9.47 Å². The fraction of sp³-hybridized carbons (Fsp3) is 0.174. The number of carbonyl (C=O) groups is 2. The number of amides is 2. The predicted molar refractivity (Wildman–Crippen MR) is 127 cm³/mol. The Balaban J connectivity index is 2.12. The van der Waals surface area contributed by atoms with Gasteiger partial charge in [0.2, 0.25) is 0 Å². The molecule has 0 bridgehead atoms. The molecule has 1 saturated heterocycles. The summed E-state index contributed by atoms with van der Waals surface area (Å²) in [5.41, 5.74) is 2.87. The standard InChI is InChI=1S/C23H19BrN2O4S/c1-5-6-30-20-15(10-16(24)12-19(20)29-4)11-18-21(27)25-23(31)26(22(18)28)17-8-13(2)7-14(3)9-17/h1,7-12H,6H2,2-4H3,(H,25,27,31)/b18-11+. The van der Waals surface area contributed by atoms with Crippen molar-refractivity contribution in [3.63, 3.8) is 0 Å². The minimum absolute atomic E-state index is 0.00686. The number of terminal acetylenes is 1. The summed E-state index contributed by atoms with van der Waals surface area (Å²) in [6.07, 6.45) is 6.76. The molecule has 6 nitrogen and oxygen atoms in total.